The molecule has 2 heterocycles. The first kappa shape index (κ1) is 14.3. The fourth-order valence-corrected chi connectivity index (χ4v) is 3.22. The van der Waals surface area contributed by atoms with Gasteiger partial charge in [-0.2, -0.15) is 0 Å². The molecule has 0 saturated heterocycles. The van der Waals surface area contributed by atoms with E-state index in [-0.39, 0.29) is 11.4 Å². The molecule has 2 rings (SSSR count). The van der Waals surface area contributed by atoms with Crippen LogP contribution in [0.15, 0.2) is 23.4 Å². The fourth-order valence-electron chi connectivity index (χ4n) is 1.68. The number of hydrogen-bond acceptors (Lipinski definition) is 4. The first-order chi connectivity index (χ1) is 8.92. The number of nitrogens with zero attached hydrogens (tertiary/aromatic N) is 1. The van der Waals surface area contributed by atoms with Gasteiger partial charge >= 0.3 is 0 Å². The van der Waals surface area contributed by atoms with Crippen molar-refractivity contribution in [3.63, 3.8) is 0 Å². The number of aliphatic hydroxyl groups excluding tert-OH is 1. The molecule has 1 unspecified atom stereocenters. The molecule has 0 bridgehead atoms. The standard InChI is InChI=1S/C11H14ClN3O3S/c1-7(16)2-5-15-19(17,18)9-6-14-11-10(9)8(12)3-4-13-11/h3-4,6-7,15-16H,2,5H2,1H3,(H,13,14). The van der Waals surface area contributed by atoms with E-state index in [2.05, 4.69) is 14.7 Å². The van der Waals surface area contributed by atoms with E-state index < -0.39 is 16.1 Å². The molecule has 0 fully saturated rings. The zero-order chi connectivity index (χ0) is 14.0. The highest BCUT2D eigenvalue weighted by Crippen LogP contribution is 2.27. The number of aromatic amines is 1. The average Bonchev–Trinajstić information content (AvgIpc) is 2.74. The smallest absolute Gasteiger partial charge is 0.242 e. The summed E-state index contributed by atoms with van der Waals surface area (Å²) in [7, 11) is -3.68. The Morgan fingerprint density at radius 2 is 2.32 bits per heavy atom. The van der Waals surface area contributed by atoms with Gasteiger partial charge in [-0.25, -0.2) is 18.1 Å². The Hall–Kier alpha value is -1.15. The number of sulfonamides is 1. The number of fused-ring (bicyclic) bond motifs is 1. The number of halogens is 1. The summed E-state index contributed by atoms with van der Waals surface area (Å²) in [5, 5.41) is 9.81. The summed E-state index contributed by atoms with van der Waals surface area (Å²) < 4.78 is 26.7. The van der Waals surface area contributed by atoms with Crippen LogP contribution in [0.5, 0.6) is 0 Å². The van der Waals surface area contributed by atoms with Crippen molar-refractivity contribution in [2.24, 2.45) is 0 Å². The lowest BCUT2D eigenvalue weighted by Crippen LogP contribution is -2.26. The molecule has 6 nitrogen and oxygen atoms in total. The van der Waals surface area contributed by atoms with Crippen molar-refractivity contribution in [2.45, 2.75) is 24.3 Å². The second-order valence-corrected chi connectivity index (χ2v) is 6.35. The molecule has 0 aliphatic carbocycles. The number of pyridine rings is 1. The maximum Gasteiger partial charge on any atom is 0.242 e. The fraction of sp³-hybridized carbons (Fsp3) is 0.364. The number of H-pyrrole nitrogens is 1. The number of hydrogen-bond donors (Lipinski definition) is 3. The van der Waals surface area contributed by atoms with E-state index in [9.17, 15) is 8.42 Å². The van der Waals surface area contributed by atoms with Gasteiger partial charge in [0.15, 0.2) is 0 Å². The maximum atomic E-state index is 12.1. The van der Waals surface area contributed by atoms with Gasteiger partial charge in [0, 0.05) is 18.9 Å². The van der Waals surface area contributed by atoms with Gasteiger partial charge in [0.2, 0.25) is 10.0 Å². The lowest BCUT2D eigenvalue weighted by atomic mass is 10.3. The maximum absolute atomic E-state index is 12.1. The van der Waals surface area contributed by atoms with Crippen molar-refractivity contribution in [1.29, 1.82) is 0 Å². The highest BCUT2D eigenvalue weighted by atomic mass is 35.5. The Bertz CT molecular complexity index is 682. The summed E-state index contributed by atoms with van der Waals surface area (Å²) in [5.41, 5.74) is 0.420. The van der Waals surface area contributed by atoms with Gasteiger partial charge < -0.3 is 10.1 Å². The minimum Gasteiger partial charge on any atom is -0.393 e. The monoisotopic (exact) mass is 303 g/mol. The Balaban J connectivity index is 2.33. The Morgan fingerprint density at radius 1 is 1.58 bits per heavy atom. The minimum absolute atomic E-state index is 0.0613. The molecule has 19 heavy (non-hydrogen) atoms. The van der Waals surface area contributed by atoms with Crippen LogP contribution in [0, 0.1) is 0 Å². The number of rotatable bonds is 5. The first-order valence-electron chi connectivity index (χ1n) is 5.71. The highest BCUT2D eigenvalue weighted by molar-refractivity contribution is 7.89. The van der Waals surface area contributed by atoms with Crippen LogP contribution >= 0.6 is 11.6 Å². The largest absolute Gasteiger partial charge is 0.393 e. The molecule has 2 aromatic rings. The van der Waals surface area contributed by atoms with Crippen molar-refractivity contribution in [3.05, 3.63) is 23.5 Å². The Morgan fingerprint density at radius 3 is 3.00 bits per heavy atom. The van der Waals surface area contributed by atoms with Crippen LogP contribution < -0.4 is 4.72 Å². The van der Waals surface area contributed by atoms with Gasteiger partial charge in [0.05, 0.1) is 16.5 Å². The summed E-state index contributed by atoms with van der Waals surface area (Å²) in [4.78, 5) is 6.84. The molecular formula is C11H14ClN3O3S. The minimum atomic E-state index is -3.68. The lowest BCUT2D eigenvalue weighted by Gasteiger charge is -2.07. The number of aliphatic hydroxyl groups is 1. The van der Waals surface area contributed by atoms with Crippen LogP contribution in [0.1, 0.15) is 13.3 Å². The molecule has 2 aromatic heterocycles. The van der Waals surface area contributed by atoms with Crippen LogP contribution in [0.3, 0.4) is 0 Å². The van der Waals surface area contributed by atoms with Crippen LogP contribution in [0.4, 0.5) is 0 Å². The van der Waals surface area contributed by atoms with Gasteiger partial charge in [0.25, 0.3) is 0 Å². The molecule has 8 heteroatoms. The molecule has 3 N–H and O–H groups in total. The van der Waals surface area contributed by atoms with E-state index in [1.54, 1.807) is 6.92 Å². The molecule has 0 radical (unpaired) electrons. The van der Waals surface area contributed by atoms with Crippen LogP contribution in [0.2, 0.25) is 5.02 Å². The van der Waals surface area contributed by atoms with E-state index in [0.717, 1.165) is 0 Å². The number of aromatic nitrogens is 2. The number of nitrogens with one attached hydrogen (secondary N) is 2. The quantitative estimate of drug-likeness (QED) is 0.775. The highest BCUT2D eigenvalue weighted by Gasteiger charge is 2.20. The molecule has 0 spiro atoms. The van der Waals surface area contributed by atoms with E-state index >= 15 is 0 Å². The van der Waals surface area contributed by atoms with Crippen molar-refractivity contribution < 1.29 is 13.5 Å². The normalized spacial score (nSPS) is 13.8. The predicted molar refractivity (Wildman–Crippen MR) is 72.6 cm³/mol. The van der Waals surface area contributed by atoms with E-state index in [0.29, 0.717) is 22.5 Å². The summed E-state index contributed by atoms with van der Waals surface area (Å²) in [6, 6.07) is 1.53. The molecule has 0 aromatic carbocycles. The lowest BCUT2D eigenvalue weighted by molar-refractivity contribution is 0.186. The van der Waals surface area contributed by atoms with E-state index in [1.807, 2.05) is 0 Å². The molecule has 0 saturated carbocycles. The van der Waals surface area contributed by atoms with Gasteiger partial charge in [-0.3, -0.25) is 0 Å². The van der Waals surface area contributed by atoms with Crippen molar-refractivity contribution in [2.75, 3.05) is 6.54 Å². The van der Waals surface area contributed by atoms with Gasteiger partial charge in [-0.15, -0.1) is 0 Å². The SMILES string of the molecule is CC(O)CCNS(=O)(=O)c1c[nH]c2nccc(Cl)c12. The third kappa shape index (κ3) is 3.06. The molecule has 0 aliphatic rings. The van der Waals surface area contributed by atoms with Crippen molar-refractivity contribution in [1.82, 2.24) is 14.7 Å². The molecule has 0 amide bonds. The van der Waals surface area contributed by atoms with E-state index in [1.165, 1.54) is 18.5 Å². The van der Waals surface area contributed by atoms with Crippen LogP contribution in [0.25, 0.3) is 11.0 Å². The molecule has 104 valence electrons. The average molecular weight is 304 g/mol. The second kappa shape index (κ2) is 5.46. The topological polar surface area (TPSA) is 95.1 Å². The van der Waals surface area contributed by atoms with E-state index in [4.69, 9.17) is 16.7 Å². The molecule has 1 atom stereocenters. The summed E-state index contributed by atoms with van der Waals surface area (Å²) in [5.74, 6) is 0. The Kier molecular flexibility index (Phi) is 4.10. The van der Waals surface area contributed by atoms with Gasteiger partial charge in [0.1, 0.15) is 10.5 Å². The van der Waals surface area contributed by atoms with Crippen molar-refractivity contribution in [3.8, 4) is 0 Å². The molecule has 0 aliphatic heterocycles. The first-order valence-corrected chi connectivity index (χ1v) is 7.57. The third-order valence-electron chi connectivity index (χ3n) is 2.63. The summed E-state index contributed by atoms with van der Waals surface area (Å²) in [6.45, 7) is 1.76. The van der Waals surface area contributed by atoms with Crippen LogP contribution in [-0.2, 0) is 10.0 Å². The zero-order valence-electron chi connectivity index (χ0n) is 10.2. The van der Waals surface area contributed by atoms with Gasteiger partial charge in [-0.05, 0) is 19.4 Å². The second-order valence-electron chi connectivity index (χ2n) is 4.20. The predicted octanol–water partition coefficient (Wildman–Crippen LogP) is 1.27. The van der Waals surface area contributed by atoms with Gasteiger partial charge in [-0.1, -0.05) is 11.6 Å². The van der Waals surface area contributed by atoms with Crippen LogP contribution in [-0.4, -0.2) is 36.1 Å². The zero-order valence-corrected chi connectivity index (χ0v) is 11.8. The summed E-state index contributed by atoms with van der Waals surface area (Å²) >= 11 is 6.00. The third-order valence-corrected chi connectivity index (χ3v) is 4.43. The Labute approximate surface area is 115 Å². The van der Waals surface area contributed by atoms with Crippen molar-refractivity contribution >= 4 is 32.7 Å². The summed E-state index contributed by atoms with van der Waals surface area (Å²) in [6.07, 6.45) is 2.64. The molecular weight excluding hydrogens is 290 g/mol.